The maximum Gasteiger partial charge on any atom is 0.224 e. The zero-order valence-corrected chi connectivity index (χ0v) is 13.2. The average Bonchev–Trinajstić information content (AvgIpc) is 2.87. The van der Waals surface area contributed by atoms with Crippen LogP contribution in [0.15, 0.2) is 17.5 Å². The molecule has 20 heavy (non-hydrogen) atoms. The van der Waals surface area contributed by atoms with Crippen molar-refractivity contribution in [3.8, 4) is 0 Å². The van der Waals surface area contributed by atoms with Gasteiger partial charge < -0.3 is 10.2 Å². The Bertz CT molecular complexity index is 540. The van der Waals surface area contributed by atoms with E-state index in [1.807, 2.05) is 24.4 Å². The second-order valence-corrected chi connectivity index (χ2v) is 8.22. The van der Waals surface area contributed by atoms with Gasteiger partial charge >= 0.3 is 0 Å². The Balaban J connectivity index is 1.92. The van der Waals surface area contributed by atoms with Crippen LogP contribution < -0.4 is 5.32 Å². The van der Waals surface area contributed by atoms with E-state index in [-0.39, 0.29) is 29.9 Å². The van der Waals surface area contributed by atoms with Crippen molar-refractivity contribution < 1.29 is 13.2 Å². The molecule has 0 radical (unpaired) electrons. The van der Waals surface area contributed by atoms with E-state index in [0.29, 0.717) is 19.6 Å². The normalized spacial score (nSPS) is 21.6. The monoisotopic (exact) mass is 316 g/mol. The standard InChI is InChI=1S/C13H20N2O3S2/c1-2-15(9-12-4-3-6-19-12)13(16)8-11-10-20(17,18)7-5-14-11/h3-4,6,11,14H,2,5,7-10H2,1H3. The Morgan fingerprint density at radius 3 is 2.95 bits per heavy atom. The van der Waals surface area contributed by atoms with Crippen LogP contribution in [0.5, 0.6) is 0 Å². The summed E-state index contributed by atoms with van der Waals surface area (Å²) >= 11 is 1.62. The molecule has 1 saturated heterocycles. The molecule has 1 N–H and O–H groups in total. The first kappa shape index (κ1) is 15.5. The lowest BCUT2D eigenvalue weighted by Crippen LogP contribution is -2.47. The molecule has 1 aromatic rings. The minimum atomic E-state index is -2.99. The fourth-order valence-corrected chi connectivity index (χ4v) is 4.47. The Morgan fingerprint density at radius 2 is 2.35 bits per heavy atom. The molecule has 1 aliphatic rings. The van der Waals surface area contributed by atoms with Crippen LogP contribution in [0.3, 0.4) is 0 Å². The zero-order valence-electron chi connectivity index (χ0n) is 11.5. The molecule has 0 bridgehead atoms. The number of thiophene rings is 1. The van der Waals surface area contributed by atoms with E-state index in [2.05, 4.69) is 5.32 Å². The van der Waals surface area contributed by atoms with Crippen LogP contribution in [-0.4, -0.2) is 49.9 Å². The predicted molar refractivity (Wildman–Crippen MR) is 80.5 cm³/mol. The van der Waals surface area contributed by atoms with Crippen molar-refractivity contribution in [2.45, 2.75) is 25.9 Å². The molecule has 1 aliphatic heterocycles. The fraction of sp³-hybridized carbons (Fsp3) is 0.615. The number of rotatable bonds is 5. The van der Waals surface area contributed by atoms with Crippen LogP contribution in [0, 0.1) is 0 Å². The molecule has 1 atom stereocenters. The second kappa shape index (κ2) is 6.69. The van der Waals surface area contributed by atoms with Gasteiger partial charge in [0.2, 0.25) is 5.91 Å². The van der Waals surface area contributed by atoms with Gasteiger partial charge in [-0.05, 0) is 18.4 Å². The van der Waals surface area contributed by atoms with Gasteiger partial charge in [0.15, 0.2) is 9.84 Å². The third kappa shape index (κ3) is 4.29. The molecule has 1 amide bonds. The van der Waals surface area contributed by atoms with Gasteiger partial charge in [0, 0.05) is 30.4 Å². The maximum atomic E-state index is 12.3. The topological polar surface area (TPSA) is 66.5 Å². The molecule has 2 rings (SSSR count). The number of hydrogen-bond acceptors (Lipinski definition) is 5. The SMILES string of the molecule is CCN(Cc1cccs1)C(=O)CC1CS(=O)(=O)CCN1. The summed E-state index contributed by atoms with van der Waals surface area (Å²) in [5.74, 6) is 0.246. The average molecular weight is 316 g/mol. The lowest BCUT2D eigenvalue weighted by atomic mass is 10.2. The number of nitrogens with zero attached hydrogens (tertiary/aromatic N) is 1. The van der Waals surface area contributed by atoms with Gasteiger partial charge in [-0.25, -0.2) is 8.42 Å². The molecule has 5 nitrogen and oxygen atoms in total. The van der Waals surface area contributed by atoms with E-state index in [1.165, 1.54) is 0 Å². The van der Waals surface area contributed by atoms with E-state index in [4.69, 9.17) is 0 Å². The van der Waals surface area contributed by atoms with Gasteiger partial charge in [0.1, 0.15) is 0 Å². The molecule has 0 aliphatic carbocycles. The van der Waals surface area contributed by atoms with Gasteiger partial charge in [-0.15, -0.1) is 11.3 Å². The lowest BCUT2D eigenvalue weighted by Gasteiger charge is -2.26. The first-order valence-electron chi connectivity index (χ1n) is 6.74. The number of nitrogens with one attached hydrogen (secondary N) is 1. The second-order valence-electron chi connectivity index (χ2n) is 4.96. The zero-order chi connectivity index (χ0) is 14.6. The van der Waals surface area contributed by atoms with Crippen molar-refractivity contribution in [1.29, 1.82) is 0 Å². The highest BCUT2D eigenvalue weighted by atomic mass is 32.2. The molecule has 112 valence electrons. The lowest BCUT2D eigenvalue weighted by molar-refractivity contribution is -0.132. The van der Waals surface area contributed by atoms with Crippen molar-refractivity contribution in [3.63, 3.8) is 0 Å². The summed E-state index contributed by atoms with van der Waals surface area (Å²) in [6.45, 7) is 3.62. The highest BCUT2D eigenvalue weighted by Gasteiger charge is 2.27. The van der Waals surface area contributed by atoms with Crippen LogP contribution in [0.1, 0.15) is 18.2 Å². The first-order valence-corrected chi connectivity index (χ1v) is 9.44. The van der Waals surface area contributed by atoms with Crippen LogP contribution in [0.4, 0.5) is 0 Å². The maximum absolute atomic E-state index is 12.3. The van der Waals surface area contributed by atoms with Crippen LogP contribution in [0.25, 0.3) is 0 Å². The van der Waals surface area contributed by atoms with Crippen molar-refractivity contribution in [1.82, 2.24) is 10.2 Å². The molecule has 0 saturated carbocycles. The van der Waals surface area contributed by atoms with E-state index in [9.17, 15) is 13.2 Å². The van der Waals surface area contributed by atoms with Crippen LogP contribution in [-0.2, 0) is 21.2 Å². The van der Waals surface area contributed by atoms with Gasteiger partial charge in [0.25, 0.3) is 0 Å². The van der Waals surface area contributed by atoms with Crippen molar-refractivity contribution in [2.75, 3.05) is 24.6 Å². The molecule has 2 heterocycles. The molecule has 1 aromatic heterocycles. The molecule has 7 heteroatoms. The first-order chi connectivity index (χ1) is 9.50. The van der Waals surface area contributed by atoms with Crippen LogP contribution in [0.2, 0.25) is 0 Å². The van der Waals surface area contributed by atoms with Crippen molar-refractivity contribution in [3.05, 3.63) is 22.4 Å². The Labute approximate surface area is 123 Å². The number of hydrogen-bond donors (Lipinski definition) is 1. The number of carbonyl (C=O) groups excluding carboxylic acids is 1. The predicted octanol–water partition coefficient (Wildman–Crippen LogP) is 0.873. The minimum Gasteiger partial charge on any atom is -0.338 e. The third-order valence-corrected chi connectivity index (χ3v) is 5.98. The van der Waals surface area contributed by atoms with Gasteiger partial charge in [-0.1, -0.05) is 6.07 Å². The minimum absolute atomic E-state index is 0.00972. The highest BCUT2D eigenvalue weighted by molar-refractivity contribution is 7.91. The molecular formula is C13H20N2O3S2. The van der Waals surface area contributed by atoms with Crippen molar-refractivity contribution in [2.24, 2.45) is 0 Å². The van der Waals surface area contributed by atoms with E-state index >= 15 is 0 Å². The largest absolute Gasteiger partial charge is 0.338 e. The summed E-state index contributed by atoms with van der Waals surface area (Å²) in [6.07, 6.45) is 0.248. The Morgan fingerprint density at radius 1 is 1.55 bits per heavy atom. The highest BCUT2D eigenvalue weighted by Crippen LogP contribution is 2.14. The molecule has 1 unspecified atom stereocenters. The molecule has 0 spiro atoms. The Kier molecular flexibility index (Phi) is 5.17. The summed E-state index contributed by atoms with van der Waals surface area (Å²) < 4.78 is 23.1. The summed E-state index contributed by atoms with van der Waals surface area (Å²) in [5.41, 5.74) is 0. The van der Waals surface area contributed by atoms with Crippen LogP contribution >= 0.6 is 11.3 Å². The van der Waals surface area contributed by atoms with Crippen molar-refractivity contribution >= 4 is 27.1 Å². The van der Waals surface area contributed by atoms with Gasteiger partial charge in [0.05, 0.1) is 18.1 Å². The van der Waals surface area contributed by atoms with E-state index in [0.717, 1.165) is 4.88 Å². The quantitative estimate of drug-likeness (QED) is 0.875. The summed E-state index contributed by atoms with van der Waals surface area (Å²) in [5, 5.41) is 5.11. The number of sulfone groups is 1. The molecule has 1 fully saturated rings. The molecule has 0 aromatic carbocycles. The smallest absolute Gasteiger partial charge is 0.224 e. The van der Waals surface area contributed by atoms with Gasteiger partial charge in [-0.3, -0.25) is 4.79 Å². The Hall–Kier alpha value is -0.920. The summed E-state index contributed by atoms with van der Waals surface area (Å²) in [7, 11) is -2.99. The molecular weight excluding hydrogens is 296 g/mol. The summed E-state index contributed by atoms with van der Waals surface area (Å²) in [6, 6.07) is 3.72. The number of carbonyl (C=O) groups is 1. The van der Waals surface area contributed by atoms with E-state index < -0.39 is 9.84 Å². The van der Waals surface area contributed by atoms with Gasteiger partial charge in [-0.2, -0.15) is 0 Å². The summed E-state index contributed by atoms with van der Waals surface area (Å²) in [4.78, 5) is 15.2. The third-order valence-electron chi connectivity index (χ3n) is 3.38. The fourth-order valence-electron chi connectivity index (χ4n) is 2.31. The van der Waals surface area contributed by atoms with E-state index in [1.54, 1.807) is 16.2 Å². The number of amides is 1.